The molecule has 1 aliphatic heterocycles. The van der Waals surface area contributed by atoms with Gasteiger partial charge in [-0.25, -0.2) is 0 Å². The van der Waals surface area contributed by atoms with Crippen LogP contribution in [0.15, 0.2) is 30.3 Å². The zero-order chi connectivity index (χ0) is 10.3. The molecular formula is C13H14O2. The van der Waals surface area contributed by atoms with Crippen LogP contribution in [0.1, 0.15) is 30.7 Å². The Morgan fingerprint density at radius 3 is 2.67 bits per heavy atom. The second-order valence-corrected chi connectivity index (χ2v) is 4.57. The summed E-state index contributed by atoms with van der Waals surface area (Å²) in [6, 6.07) is 10.5. The molecule has 0 amide bonds. The second-order valence-electron chi connectivity index (χ2n) is 4.57. The molecule has 15 heavy (non-hydrogen) atoms. The van der Waals surface area contributed by atoms with Crippen LogP contribution >= 0.6 is 0 Å². The molecule has 1 aromatic carbocycles. The molecule has 2 aliphatic rings. The van der Waals surface area contributed by atoms with Gasteiger partial charge in [-0.15, -0.1) is 0 Å². The normalized spacial score (nSPS) is 33.9. The zero-order valence-electron chi connectivity index (χ0n) is 8.56. The number of fused-ring (bicyclic) bond motifs is 1. The predicted octanol–water partition coefficient (Wildman–Crippen LogP) is 2.50. The van der Waals surface area contributed by atoms with Crippen LogP contribution in [0.2, 0.25) is 0 Å². The summed E-state index contributed by atoms with van der Waals surface area (Å²) in [5.41, 5.74) is 1.39. The standard InChI is InChI=1S/C13H14O2/c14-13-8-11-6-10(7-12(11)15-13)9-4-2-1-3-5-9/h1-5,10-12H,6-8H2/t10-,11-,12-/m0/s1. The fourth-order valence-corrected chi connectivity index (χ4v) is 2.87. The van der Waals surface area contributed by atoms with Crippen molar-refractivity contribution in [2.45, 2.75) is 31.3 Å². The van der Waals surface area contributed by atoms with Gasteiger partial charge in [-0.1, -0.05) is 30.3 Å². The topological polar surface area (TPSA) is 26.3 Å². The molecule has 0 bridgehead atoms. The van der Waals surface area contributed by atoms with Gasteiger partial charge in [0.1, 0.15) is 6.10 Å². The molecule has 2 heteroatoms. The van der Waals surface area contributed by atoms with Crippen molar-refractivity contribution in [3.05, 3.63) is 35.9 Å². The fourth-order valence-electron chi connectivity index (χ4n) is 2.87. The predicted molar refractivity (Wildman–Crippen MR) is 56.4 cm³/mol. The van der Waals surface area contributed by atoms with Gasteiger partial charge in [0.2, 0.25) is 0 Å². The van der Waals surface area contributed by atoms with Crippen LogP contribution < -0.4 is 0 Å². The first-order valence-electron chi connectivity index (χ1n) is 5.57. The van der Waals surface area contributed by atoms with E-state index in [0.717, 1.165) is 12.8 Å². The number of benzene rings is 1. The van der Waals surface area contributed by atoms with Crippen LogP contribution in [0.5, 0.6) is 0 Å². The first-order valence-corrected chi connectivity index (χ1v) is 5.57. The Hall–Kier alpha value is -1.31. The van der Waals surface area contributed by atoms with E-state index >= 15 is 0 Å². The molecule has 2 nitrogen and oxygen atoms in total. The van der Waals surface area contributed by atoms with Gasteiger partial charge in [0, 0.05) is 5.92 Å². The van der Waals surface area contributed by atoms with E-state index in [2.05, 4.69) is 24.3 Å². The molecule has 0 aromatic heterocycles. The monoisotopic (exact) mass is 202 g/mol. The molecule has 0 radical (unpaired) electrons. The number of hydrogen-bond donors (Lipinski definition) is 0. The van der Waals surface area contributed by atoms with Crippen molar-refractivity contribution in [3.63, 3.8) is 0 Å². The summed E-state index contributed by atoms with van der Waals surface area (Å²) in [5.74, 6) is 1.06. The van der Waals surface area contributed by atoms with Crippen molar-refractivity contribution in [1.82, 2.24) is 0 Å². The van der Waals surface area contributed by atoms with Crippen molar-refractivity contribution in [1.29, 1.82) is 0 Å². The third-order valence-electron chi connectivity index (χ3n) is 3.61. The first-order chi connectivity index (χ1) is 7.33. The summed E-state index contributed by atoms with van der Waals surface area (Å²) >= 11 is 0. The fraction of sp³-hybridized carbons (Fsp3) is 0.462. The highest BCUT2D eigenvalue weighted by molar-refractivity contribution is 5.72. The Kier molecular flexibility index (Phi) is 2.01. The lowest BCUT2D eigenvalue weighted by Crippen LogP contribution is -2.07. The van der Waals surface area contributed by atoms with Gasteiger partial charge < -0.3 is 4.74 Å². The Morgan fingerprint density at radius 1 is 1.13 bits per heavy atom. The van der Waals surface area contributed by atoms with Gasteiger partial charge in [-0.2, -0.15) is 0 Å². The third-order valence-corrected chi connectivity index (χ3v) is 3.61. The molecule has 0 N–H and O–H groups in total. The van der Waals surface area contributed by atoms with Crippen LogP contribution in [0, 0.1) is 5.92 Å². The van der Waals surface area contributed by atoms with Crippen molar-refractivity contribution in [2.75, 3.05) is 0 Å². The molecule has 2 fully saturated rings. The van der Waals surface area contributed by atoms with E-state index in [1.807, 2.05) is 6.07 Å². The molecule has 3 atom stereocenters. The lowest BCUT2D eigenvalue weighted by molar-refractivity contribution is -0.141. The minimum Gasteiger partial charge on any atom is -0.462 e. The maximum atomic E-state index is 11.1. The van der Waals surface area contributed by atoms with Crippen molar-refractivity contribution in [3.8, 4) is 0 Å². The van der Waals surface area contributed by atoms with Crippen LogP contribution in [0.3, 0.4) is 0 Å². The molecule has 0 unspecified atom stereocenters. The Balaban J connectivity index is 1.76. The summed E-state index contributed by atoms with van der Waals surface area (Å²) in [6.45, 7) is 0. The van der Waals surface area contributed by atoms with Gasteiger partial charge in [-0.05, 0) is 24.3 Å². The number of carbonyl (C=O) groups excluding carboxylic acids is 1. The van der Waals surface area contributed by atoms with Gasteiger partial charge in [-0.3, -0.25) is 4.79 Å². The number of ether oxygens (including phenoxy) is 1. The molecular weight excluding hydrogens is 188 g/mol. The molecule has 1 aliphatic carbocycles. The summed E-state index contributed by atoms with van der Waals surface area (Å²) in [5, 5.41) is 0. The second kappa shape index (κ2) is 3.37. The minimum absolute atomic E-state index is 0.00323. The van der Waals surface area contributed by atoms with E-state index in [1.54, 1.807) is 0 Å². The number of carbonyl (C=O) groups is 1. The van der Waals surface area contributed by atoms with Crippen LogP contribution in [0.4, 0.5) is 0 Å². The number of rotatable bonds is 1. The van der Waals surface area contributed by atoms with E-state index in [4.69, 9.17) is 4.74 Å². The van der Waals surface area contributed by atoms with Gasteiger partial charge in [0.15, 0.2) is 0 Å². The molecule has 1 saturated heterocycles. The van der Waals surface area contributed by atoms with E-state index in [9.17, 15) is 4.79 Å². The molecule has 3 rings (SSSR count). The SMILES string of the molecule is O=C1C[C@@H]2C[C@H](c3ccccc3)C[C@@H]2O1. The van der Waals surface area contributed by atoms with E-state index < -0.39 is 0 Å². The zero-order valence-corrected chi connectivity index (χ0v) is 8.56. The Bertz CT molecular complexity index is 355. The Morgan fingerprint density at radius 2 is 1.93 bits per heavy atom. The van der Waals surface area contributed by atoms with E-state index in [-0.39, 0.29) is 12.1 Å². The minimum atomic E-state index is -0.00323. The summed E-state index contributed by atoms with van der Waals surface area (Å²) < 4.78 is 5.30. The van der Waals surface area contributed by atoms with Gasteiger partial charge in [0.25, 0.3) is 0 Å². The lowest BCUT2D eigenvalue weighted by Gasteiger charge is -2.10. The maximum absolute atomic E-state index is 11.1. The van der Waals surface area contributed by atoms with Crippen molar-refractivity contribution >= 4 is 5.97 Å². The van der Waals surface area contributed by atoms with Crippen LogP contribution in [0.25, 0.3) is 0 Å². The average Bonchev–Trinajstić information content (AvgIpc) is 2.76. The Labute approximate surface area is 89.2 Å². The number of esters is 1. The average molecular weight is 202 g/mol. The van der Waals surface area contributed by atoms with Crippen molar-refractivity contribution < 1.29 is 9.53 Å². The number of hydrogen-bond acceptors (Lipinski definition) is 2. The molecule has 0 spiro atoms. The summed E-state index contributed by atoms with van der Waals surface area (Å²) in [6.07, 6.45) is 2.96. The smallest absolute Gasteiger partial charge is 0.306 e. The summed E-state index contributed by atoms with van der Waals surface area (Å²) in [4.78, 5) is 11.1. The highest BCUT2D eigenvalue weighted by Crippen LogP contribution is 2.44. The molecule has 1 saturated carbocycles. The highest BCUT2D eigenvalue weighted by atomic mass is 16.5. The quantitative estimate of drug-likeness (QED) is 0.654. The highest BCUT2D eigenvalue weighted by Gasteiger charge is 2.43. The van der Waals surface area contributed by atoms with E-state index in [0.29, 0.717) is 18.3 Å². The van der Waals surface area contributed by atoms with Crippen LogP contribution in [-0.4, -0.2) is 12.1 Å². The van der Waals surface area contributed by atoms with Gasteiger partial charge in [0.05, 0.1) is 6.42 Å². The van der Waals surface area contributed by atoms with Crippen molar-refractivity contribution in [2.24, 2.45) is 5.92 Å². The summed E-state index contributed by atoms with van der Waals surface area (Å²) in [7, 11) is 0. The van der Waals surface area contributed by atoms with Crippen LogP contribution in [-0.2, 0) is 9.53 Å². The molecule has 1 heterocycles. The van der Waals surface area contributed by atoms with Gasteiger partial charge >= 0.3 is 5.97 Å². The molecule has 1 aromatic rings. The largest absolute Gasteiger partial charge is 0.462 e. The first kappa shape index (κ1) is 8.96. The van der Waals surface area contributed by atoms with E-state index in [1.165, 1.54) is 5.56 Å². The lowest BCUT2D eigenvalue weighted by atomic mass is 9.96. The molecule has 78 valence electrons. The third kappa shape index (κ3) is 1.54. The maximum Gasteiger partial charge on any atom is 0.306 e.